The number of benzene rings is 2. The quantitative estimate of drug-likeness (QED) is 0.445. The SMILES string of the molecule is Cc1noc(COc2ccc(Oc3ncnc4c3oc3ccccc34)cc2)n1. The molecule has 0 unspecified atom stereocenters. The molecule has 0 spiro atoms. The zero-order chi connectivity index (χ0) is 18.9. The van der Waals surface area contributed by atoms with Crippen LogP contribution in [0.1, 0.15) is 11.7 Å². The average molecular weight is 374 g/mol. The molecule has 8 heteroatoms. The van der Waals surface area contributed by atoms with Gasteiger partial charge in [-0.2, -0.15) is 9.97 Å². The maximum atomic E-state index is 5.90. The monoisotopic (exact) mass is 374 g/mol. The van der Waals surface area contributed by atoms with Gasteiger partial charge in [0.15, 0.2) is 12.4 Å². The van der Waals surface area contributed by atoms with E-state index >= 15 is 0 Å². The zero-order valence-corrected chi connectivity index (χ0v) is 14.8. The molecule has 138 valence electrons. The molecule has 0 radical (unpaired) electrons. The number of ether oxygens (including phenoxy) is 2. The topological polar surface area (TPSA) is 96.3 Å². The Balaban J connectivity index is 1.36. The Bertz CT molecular complexity index is 1260. The average Bonchev–Trinajstić information content (AvgIpc) is 3.31. The van der Waals surface area contributed by atoms with Crippen molar-refractivity contribution < 1.29 is 18.4 Å². The second kappa shape index (κ2) is 6.66. The molecule has 3 aromatic heterocycles. The summed E-state index contributed by atoms with van der Waals surface area (Å²) in [5.74, 6) is 2.60. The van der Waals surface area contributed by atoms with Crippen molar-refractivity contribution in [3.05, 3.63) is 66.6 Å². The van der Waals surface area contributed by atoms with Gasteiger partial charge in [0.2, 0.25) is 5.58 Å². The van der Waals surface area contributed by atoms with Crippen molar-refractivity contribution in [3.8, 4) is 17.4 Å². The van der Waals surface area contributed by atoms with Crippen LogP contribution in [0.3, 0.4) is 0 Å². The summed E-state index contributed by atoms with van der Waals surface area (Å²) in [5.41, 5.74) is 1.97. The van der Waals surface area contributed by atoms with Gasteiger partial charge >= 0.3 is 0 Å². The molecule has 0 saturated heterocycles. The fourth-order valence-electron chi connectivity index (χ4n) is 2.83. The van der Waals surface area contributed by atoms with Gasteiger partial charge in [-0.05, 0) is 43.3 Å². The molecule has 2 aromatic carbocycles. The van der Waals surface area contributed by atoms with E-state index in [0.29, 0.717) is 34.7 Å². The molecule has 0 N–H and O–H groups in total. The third kappa shape index (κ3) is 3.01. The van der Waals surface area contributed by atoms with Crippen molar-refractivity contribution in [1.29, 1.82) is 0 Å². The Hall–Kier alpha value is -3.94. The first-order valence-corrected chi connectivity index (χ1v) is 8.58. The summed E-state index contributed by atoms with van der Waals surface area (Å²) < 4.78 is 22.4. The minimum atomic E-state index is 0.201. The summed E-state index contributed by atoms with van der Waals surface area (Å²) in [6.07, 6.45) is 1.46. The van der Waals surface area contributed by atoms with Crippen LogP contribution in [-0.2, 0) is 6.61 Å². The van der Waals surface area contributed by atoms with E-state index in [1.807, 2.05) is 24.3 Å². The fraction of sp³-hybridized carbons (Fsp3) is 0.100. The fourth-order valence-corrected chi connectivity index (χ4v) is 2.83. The van der Waals surface area contributed by atoms with Crippen LogP contribution in [0.25, 0.3) is 22.1 Å². The third-order valence-corrected chi connectivity index (χ3v) is 4.10. The van der Waals surface area contributed by atoms with E-state index in [4.69, 9.17) is 18.4 Å². The van der Waals surface area contributed by atoms with Crippen LogP contribution in [0.2, 0.25) is 0 Å². The molecule has 0 bridgehead atoms. The summed E-state index contributed by atoms with van der Waals surface area (Å²) in [6.45, 7) is 1.96. The Morgan fingerprint density at radius 1 is 0.964 bits per heavy atom. The lowest BCUT2D eigenvalue weighted by Gasteiger charge is -2.06. The first-order valence-electron chi connectivity index (χ1n) is 8.58. The first kappa shape index (κ1) is 16.2. The molecule has 5 aromatic rings. The maximum Gasteiger partial charge on any atom is 0.267 e. The van der Waals surface area contributed by atoms with Gasteiger partial charge in [-0.1, -0.05) is 17.3 Å². The number of nitrogens with zero attached hydrogens (tertiary/aromatic N) is 4. The summed E-state index contributed by atoms with van der Waals surface area (Å²) in [7, 11) is 0. The Labute approximate surface area is 158 Å². The summed E-state index contributed by atoms with van der Waals surface area (Å²) in [5, 5.41) is 4.64. The predicted molar refractivity (Wildman–Crippen MR) is 99.2 cm³/mol. The lowest BCUT2D eigenvalue weighted by Crippen LogP contribution is -1.96. The molecule has 28 heavy (non-hydrogen) atoms. The molecule has 0 atom stereocenters. The highest BCUT2D eigenvalue weighted by atomic mass is 16.5. The second-order valence-corrected chi connectivity index (χ2v) is 6.05. The van der Waals surface area contributed by atoms with Gasteiger partial charge in [-0.15, -0.1) is 0 Å². The Kier molecular flexibility index (Phi) is 3.86. The van der Waals surface area contributed by atoms with E-state index in [1.165, 1.54) is 6.33 Å². The molecule has 8 nitrogen and oxygen atoms in total. The number of furan rings is 1. The third-order valence-electron chi connectivity index (χ3n) is 4.10. The number of aromatic nitrogens is 4. The number of hydrogen-bond acceptors (Lipinski definition) is 8. The number of hydrogen-bond donors (Lipinski definition) is 0. The van der Waals surface area contributed by atoms with E-state index in [9.17, 15) is 0 Å². The van der Waals surface area contributed by atoms with Crippen LogP contribution in [0.5, 0.6) is 17.4 Å². The van der Waals surface area contributed by atoms with Crippen LogP contribution >= 0.6 is 0 Å². The molecule has 0 saturated carbocycles. The molecule has 0 aliphatic carbocycles. The number of fused-ring (bicyclic) bond motifs is 3. The molecule has 3 heterocycles. The normalized spacial score (nSPS) is 11.2. The number of rotatable bonds is 5. The highest BCUT2D eigenvalue weighted by Gasteiger charge is 2.14. The van der Waals surface area contributed by atoms with Crippen LogP contribution in [0.4, 0.5) is 0 Å². The maximum absolute atomic E-state index is 5.90. The minimum Gasteiger partial charge on any atom is -0.484 e. The van der Waals surface area contributed by atoms with Crippen molar-refractivity contribution in [3.63, 3.8) is 0 Å². The summed E-state index contributed by atoms with van der Waals surface area (Å²) in [6, 6.07) is 14.8. The molecule has 0 aliphatic heterocycles. The second-order valence-electron chi connectivity index (χ2n) is 6.05. The molecule has 5 rings (SSSR count). The van der Waals surface area contributed by atoms with Crippen molar-refractivity contribution in [2.24, 2.45) is 0 Å². The highest BCUT2D eigenvalue weighted by molar-refractivity contribution is 6.03. The van der Waals surface area contributed by atoms with E-state index in [-0.39, 0.29) is 6.61 Å². The zero-order valence-electron chi connectivity index (χ0n) is 14.8. The largest absolute Gasteiger partial charge is 0.484 e. The van der Waals surface area contributed by atoms with Gasteiger partial charge in [-0.25, -0.2) is 4.98 Å². The molecule has 0 amide bonds. The van der Waals surface area contributed by atoms with E-state index in [2.05, 4.69) is 20.1 Å². The van der Waals surface area contributed by atoms with Crippen LogP contribution in [0.15, 0.2) is 63.8 Å². The predicted octanol–water partition coefficient (Wildman–Crippen LogP) is 4.44. The van der Waals surface area contributed by atoms with Crippen molar-refractivity contribution in [2.75, 3.05) is 0 Å². The first-order chi connectivity index (χ1) is 13.8. The molecular formula is C20H14N4O4. The van der Waals surface area contributed by atoms with Gasteiger partial charge in [0.25, 0.3) is 11.8 Å². The Morgan fingerprint density at radius 2 is 1.79 bits per heavy atom. The lowest BCUT2D eigenvalue weighted by molar-refractivity contribution is 0.242. The number of aryl methyl sites for hydroxylation is 1. The standard InChI is InChI=1S/C20H14N4O4/c1-12-23-17(28-24-12)10-25-13-6-8-14(9-7-13)26-20-19-18(21-11-22-20)15-4-2-3-5-16(15)27-19/h2-9,11H,10H2,1H3. The van der Waals surface area contributed by atoms with Gasteiger partial charge in [0.05, 0.1) is 0 Å². The lowest BCUT2D eigenvalue weighted by atomic mass is 10.2. The van der Waals surface area contributed by atoms with E-state index in [0.717, 1.165) is 16.5 Å². The molecule has 0 aliphatic rings. The van der Waals surface area contributed by atoms with Crippen LogP contribution < -0.4 is 9.47 Å². The van der Waals surface area contributed by atoms with Gasteiger partial charge in [0, 0.05) is 5.39 Å². The summed E-state index contributed by atoms with van der Waals surface area (Å²) >= 11 is 0. The highest BCUT2D eigenvalue weighted by Crippen LogP contribution is 2.33. The smallest absolute Gasteiger partial charge is 0.267 e. The van der Waals surface area contributed by atoms with Gasteiger partial charge in [0.1, 0.15) is 28.9 Å². The van der Waals surface area contributed by atoms with Crippen LogP contribution in [-0.4, -0.2) is 20.1 Å². The molecule has 0 fully saturated rings. The summed E-state index contributed by atoms with van der Waals surface area (Å²) in [4.78, 5) is 12.6. The van der Waals surface area contributed by atoms with E-state index in [1.54, 1.807) is 31.2 Å². The van der Waals surface area contributed by atoms with Gasteiger partial charge < -0.3 is 18.4 Å². The molecular weight excluding hydrogens is 360 g/mol. The van der Waals surface area contributed by atoms with Crippen molar-refractivity contribution >= 4 is 22.1 Å². The Morgan fingerprint density at radius 3 is 2.61 bits per heavy atom. The minimum absolute atomic E-state index is 0.201. The van der Waals surface area contributed by atoms with E-state index < -0.39 is 0 Å². The van der Waals surface area contributed by atoms with Crippen LogP contribution in [0, 0.1) is 6.92 Å². The van der Waals surface area contributed by atoms with Gasteiger partial charge in [-0.3, -0.25) is 0 Å². The van der Waals surface area contributed by atoms with Crippen molar-refractivity contribution in [1.82, 2.24) is 20.1 Å². The number of para-hydroxylation sites is 1. The van der Waals surface area contributed by atoms with Crippen molar-refractivity contribution in [2.45, 2.75) is 13.5 Å².